The molecule has 0 aromatic heterocycles. The Labute approximate surface area is 182 Å². The maximum Gasteiger partial charge on any atom is 0.328 e. The summed E-state index contributed by atoms with van der Waals surface area (Å²) in [5.41, 5.74) is 1.69. The molecule has 2 aliphatic rings. The topological polar surface area (TPSA) is 86.3 Å². The minimum Gasteiger partial charge on any atom is -0.493 e. The van der Waals surface area contributed by atoms with E-state index in [0.717, 1.165) is 11.1 Å². The van der Waals surface area contributed by atoms with Gasteiger partial charge >= 0.3 is 5.97 Å². The number of likely N-dealkylation sites (N-methyl/N-ethyl adjacent to an activating group) is 2. The van der Waals surface area contributed by atoms with Crippen molar-refractivity contribution in [3.63, 3.8) is 0 Å². The van der Waals surface area contributed by atoms with E-state index in [1.54, 1.807) is 28.3 Å². The van der Waals surface area contributed by atoms with Gasteiger partial charge in [-0.2, -0.15) is 0 Å². The number of carbonyl (C=O) groups is 2. The normalized spacial score (nSPS) is 18.7. The number of fused-ring (bicyclic) bond motifs is 7. The standard InChI is InChI=1S/C23H28N2O6/c1-24-17-10-15-12-19(28-3)21(29-4)20(13-15)31-16-8-6-14(7-9-16)11-18(23(27)30-5)25(2)22(17)26/h6-9,12-13,17-18,24H,10-11H2,1-5H3/t17-,18-/m0/s1. The molecule has 0 fully saturated rings. The van der Waals surface area contributed by atoms with Crippen LogP contribution in [0.2, 0.25) is 0 Å². The zero-order chi connectivity index (χ0) is 22.5. The number of nitrogens with zero attached hydrogens (tertiary/aromatic N) is 1. The van der Waals surface area contributed by atoms with Gasteiger partial charge in [0.2, 0.25) is 11.7 Å². The molecule has 4 rings (SSSR count). The monoisotopic (exact) mass is 428 g/mol. The highest BCUT2D eigenvalue weighted by Gasteiger charge is 2.32. The van der Waals surface area contributed by atoms with Crippen LogP contribution < -0.4 is 19.5 Å². The molecule has 0 saturated heterocycles. The average Bonchev–Trinajstić information content (AvgIpc) is 2.79. The van der Waals surface area contributed by atoms with E-state index in [4.69, 9.17) is 18.9 Å². The molecule has 166 valence electrons. The maximum absolute atomic E-state index is 13.3. The van der Waals surface area contributed by atoms with Crippen LogP contribution in [0.5, 0.6) is 23.0 Å². The number of benzene rings is 2. The fourth-order valence-corrected chi connectivity index (χ4v) is 3.68. The average molecular weight is 428 g/mol. The lowest BCUT2D eigenvalue weighted by atomic mass is 10.0. The van der Waals surface area contributed by atoms with Crippen molar-refractivity contribution in [2.45, 2.75) is 24.9 Å². The van der Waals surface area contributed by atoms with Gasteiger partial charge in [0.25, 0.3) is 0 Å². The number of hydrogen-bond acceptors (Lipinski definition) is 7. The highest BCUT2D eigenvalue weighted by atomic mass is 16.5. The van der Waals surface area contributed by atoms with E-state index in [9.17, 15) is 9.59 Å². The van der Waals surface area contributed by atoms with Crippen LogP contribution in [0.25, 0.3) is 0 Å². The van der Waals surface area contributed by atoms with Crippen LogP contribution in [0, 0.1) is 0 Å². The summed E-state index contributed by atoms with van der Waals surface area (Å²) in [7, 11) is 7.76. The molecular weight excluding hydrogens is 400 g/mol. The SMILES string of the molecule is CN[C@H]1Cc2cc(OC)c(OC)c(c2)Oc2ccc(cc2)C[C@@H](C(=O)OC)N(C)C1=O. The zero-order valence-corrected chi connectivity index (χ0v) is 18.4. The summed E-state index contributed by atoms with van der Waals surface area (Å²) in [6.07, 6.45) is 0.690. The van der Waals surface area contributed by atoms with Crippen LogP contribution in [0.4, 0.5) is 0 Å². The molecule has 0 spiro atoms. The molecule has 2 atom stereocenters. The predicted octanol–water partition coefficient (Wildman–Crippen LogP) is 2.18. The molecular formula is C23H28N2O6. The molecule has 0 unspecified atom stereocenters. The minimum absolute atomic E-state index is 0.219. The second-order valence-corrected chi connectivity index (χ2v) is 7.31. The van der Waals surface area contributed by atoms with E-state index >= 15 is 0 Å². The molecule has 8 nitrogen and oxygen atoms in total. The number of ether oxygens (including phenoxy) is 4. The van der Waals surface area contributed by atoms with Crippen molar-refractivity contribution >= 4 is 11.9 Å². The number of rotatable bonds is 4. The lowest BCUT2D eigenvalue weighted by molar-refractivity contribution is -0.152. The fourth-order valence-electron chi connectivity index (χ4n) is 3.68. The van der Waals surface area contributed by atoms with E-state index in [2.05, 4.69) is 5.32 Å². The number of hydrogen-bond donors (Lipinski definition) is 1. The van der Waals surface area contributed by atoms with E-state index in [-0.39, 0.29) is 5.91 Å². The molecule has 31 heavy (non-hydrogen) atoms. The molecule has 2 aliphatic heterocycles. The van der Waals surface area contributed by atoms with Crippen molar-refractivity contribution in [3.8, 4) is 23.0 Å². The van der Waals surface area contributed by atoms with Gasteiger partial charge in [-0.15, -0.1) is 0 Å². The first kappa shape index (κ1) is 22.4. The third kappa shape index (κ3) is 4.74. The summed E-state index contributed by atoms with van der Waals surface area (Å²) in [6.45, 7) is 0. The summed E-state index contributed by atoms with van der Waals surface area (Å²) in [6, 6.07) is 9.68. The zero-order valence-electron chi connectivity index (χ0n) is 18.4. The van der Waals surface area contributed by atoms with Crippen LogP contribution in [-0.2, 0) is 27.2 Å². The first-order chi connectivity index (χ1) is 14.9. The van der Waals surface area contributed by atoms with E-state index in [1.807, 2.05) is 36.4 Å². The van der Waals surface area contributed by atoms with Gasteiger partial charge in [0, 0.05) is 13.5 Å². The Kier molecular flexibility index (Phi) is 7.02. The van der Waals surface area contributed by atoms with Crippen LogP contribution in [-0.4, -0.2) is 64.3 Å². The number of esters is 1. The summed E-state index contributed by atoms with van der Waals surface area (Å²) in [5.74, 6) is 1.39. The minimum atomic E-state index is -0.746. The lowest BCUT2D eigenvalue weighted by Gasteiger charge is -2.30. The van der Waals surface area contributed by atoms with Gasteiger partial charge in [-0.1, -0.05) is 12.1 Å². The highest BCUT2D eigenvalue weighted by Crippen LogP contribution is 2.41. The number of carbonyl (C=O) groups excluding carboxylic acids is 2. The number of nitrogens with one attached hydrogen (secondary N) is 1. The van der Waals surface area contributed by atoms with Crippen LogP contribution >= 0.6 is 0 Å². The fraction of sp³-hybridized carbons (Fsp3) is 0.391. The number of methoxy groups -OCH3 is 3. The quantitative estimate of drug-likeness (QED) is 0.747. The predicted molar refractivity (Wildman–Crippen MR) is 115 cm³/mol. The van der Waals surface area contributed by atoms with Gasteiger partial charge < -0.3 is 29.2 Å². The van der Waals surface area contributed by atoms with Crippen LogP contribution in [0.3, 0.4) is 0 Å². The van der Waals surface area contributed by atoms with Gasteiger partial charge in [0.1, 0.15) is 11.8 Å². The van der Waals surface area contributed by atoms with Crippen molar-refractivity contribution < 1.29 is 28.5 Å². The van der Waals surface area contributed by atoms with Crippen molar-refractivity contribution in [1.29, 1.82) is 0 Å². The molecule has 2 aromatic rings. The third-order valence-electron chi connectivity index (χ3n) is 5.46. The van der Waals surface area contributed by atoms with Crippen molar-refractivity contribution in [3.05, 3.63) is 47.5 Å². The first-order valence-electron chi connectivity index (χ1n) is 9.95. The Morgan fingerprint density at radius 1 is 1.06 bits per heavy atom. The van der Waals surface area contributed by atoms with Gasteiger partial charge in [-0.25, -0.2) is 4.79 Å². The summed E-state index contributed by atoms with van der Waals surface area (Å²) in [4.78, 5) is 27.2. The Balaban J connectivity index is 2.13. The third-order valence-corrected chi connectivity index (χ3v) is 5.46. The molecule has 2 aromatic carbocycles. The smallest absolute Gasteiger partial charge is 0.328 e. The van der Waals surface area contributed by atoms with Crippen molar-refractivity contribution in [2.75, 3.05) is 35.4 Å². The summed E-state index contributed by atoms with van der Waals surface area (Å²) < 4.78 is 22.0. The largest absolute Gasteiger partial charge is 0.493 e. The lowest BCUT2D eigenvalue weighted by Crippen LogP contribution is -2.52. The molecule has 0 radical (unpaired) electrons. The molecule has 4 bridgehead atoms. The van der Waals surface area contributed by atoms with Crippen LogP contribution in [0.1, 0.15) is 11.1 Å². The Morgan fingerprint density at radius 3 is 2.35 bits per heavy atom. The molecule has 2 heterocycles. The van der Waals surface area contributed by atoms with Crippen molar-refractivity contribution in [1.82, 2.24) is 10.2 Å². The van der Waals surface area contributed by atoms with Gasteiger partial charge in [0.15, 0.2) is 11.5 Å². The van der Waals surface area contributed by atoms with Crippen molar-refractivity contribution in [2.24, 2.45) is 0 Å². The first-order valence-corrected chi connectivity index (χ1v) is 9.95. The van der Waals surface area contributed by atoms with Gasteiger partial charge in [-0.05, 0) is 48.9 Å². The second kappa shape index (κ2) is 9.70. The Hall–Kier alpha value is -3.26. The molecule has 8 heteroatoms. The maximum atomic E-state index is 13.3. The molecule has 1 amide bonds. The highest BCUT2D eigenvalue weighted by molar-refractivity contribution is 5.88. The van der Waals surface area contributed by atoms with E-state index < -0.39 is 18.1 Å². The number of amides is 1. The summed E-state index contributed by atoms with van der Waals surface area (Å²) >= 11 is 0. The second-order valence-electron chi connectivity index (χ2n) is 7.31. The molecule has 1 N–H and O–H groups in total. The van der Waals surface area contributed by atoms with Crippen LogP contribution in [0.15, 0.2) is 36.4 Å². The van der Waals surface area contributed by atoms with E-state index in [1.165, 1.54) is 12.0 Å². The Bertz CT molecular complexity index is 944. The Morgan fingerprint density at radius 2 is 1.77 bits per heavy atom. The molecule has 0 aliphatic carbocycles. The van der Waals surface area contributed by atoms with E-state index in [0.29, 0.717) is 35.8 Å². The van der Waals surface area contributed by atoms with Gasteiger partial charge in [-0.3, -0.25) is 4.79 Å². The molecule has 0 saturated carbocycles. The van der Waals surface area contributed by atoms with Gasteiger partial charge in [0.05, 0.1) is 27.4 Å². The summed E-state index contributed by atoms with van der Waals surface area (Å²) in [5, 5.41) is 3.05.